The smallest absolute Gasteiger partial charge is 0.183 e. The fourth-order valence-corrected chi connectivity index (χ4v) is 2.19. The van der Waals surface area contributed by atoms with Gasteiger partial charge in [-0.2, -0.15) is 0 Å². The highest BCUT2D eigenvalue weighted by Crippen LogP contribution is 2.25. The second-order valence-corrected chi connectivity index (χ2v) is 5.04. The molecule has 3 N–H and O–H groups in total. The van der Waals surface area contributed by atoms with Crippen LogP contribution in [0.2, 0.25) is 0 Å². The number of nitrogens with two attached hydrogens (primary N) is 1. The summed E-state index contributed by atoms with van der Waals surface area (Å²) in [7, 11) is 0. The first-order valence-corrected chi connectivity index (χ1v) is 7.21. The third-order valence-electron chi connectivity index (χ3n) is 3.52. The first kappa shape index (κ1) is 16.7. The summed E-state index contributed by atoms with van der Waals surface area (Å²) in [5.41, 5.74) is 5.99. The van der Waals surface area contributed by atoms with E-state index in [-0.39, 0.29) is 17.4 Å². The van der Waals surface area contributed by atoms with Crippen molar-refractivity contribution < 1.29 is 8.78 Å². The van der Waals surface area contributed by atoms with Crippen LogP contribution in [0.25, 0.3) is 0 Å². The van der Waals surface area contributed by atoms with E-state index in [0.29, 0.717) is 0 Å². The van der Waals surface area contributed by atoms with E-state index in [1.165, 1.54) is 6.07 Å². The lowest BCUT2D eigenvalue weighted by Gasteiger charge is -2.21. The Hall–Kier alpha value is -1.36. The van der Waals surface area contributed by atoms with Crippen molar-refractivity contribution in [1.82, 2.24) is 4.90 Å². The first-order valence-electron chi connectivity index (χ1n) is 7.21. The molecule has 0 fully saturated rings. The molecule has 1 unspecified atom stereocenters. The Morgan fingerprint density at radius 1 is 1.25 bits per heavy atom. The second kappa shape index (κ2) is 8.04. The van der Waals surface area contributed by atoms with Crippen molar-refractivity contribution in [2.75, 3.05) is 30.7 Å². The van der Waals surface area contributed by atoms with E-state index in [1.54, 1.807) is 0 Å². The zero-order chi connectivity index (χ0) is 15.1. The van der Waals surface area contributed by atoms with Crippen molar-refractivity contribution in [3.05, 3.63) is 23.8 Å². The number of benzene rings is 1. The van der Waals surface area contributed by atoms with Gasteiger partial charge in [0.25, 0.3) is 0 Å². The zero-order valence-electron chi connectivity index (χ0n) is 12.5. The fraction of sp³-hybridized carbons (Fsp3) is 0.600. The third kappa shape index (κ3) is 4.63. The van der Waals surface area contributed by atoms with Gasteiger partial charge in [-0.25, -0.2) is 8.78 Å². The maximum Gasteiger partial charge on any atom is 0.183 e. The minimum Gasteiger partial charge on any atom is -0.397 e. The van der Waals surface area contributed by atoms with E-state index in [4.69, 9.17) is 5.73 Å². The molecule has 1 aromatic carbocycles. The normalized spacial score (nSPS) is 12.7. The van der Waals surface area contributed by atoms with Crippen LogP contribution >= 0.6 is 0 Å². The second-order valence-electron chi connectivity index (χ2n) is 5.04. The Morgan fingerprint density at radius 2 is 1.90 bits per heavy atom. The van der Waals surface area contributed by atoms with E-state index in [1.807, 2.05) is 6.92 Å². The van der Waals surface area contributed by atoms with Crippen LogP contribution in [0.1, 0.15) is 33.6 Å². The molecule has 1 atom stereocenters. The molecule has 114 valence electrons. The van der Waals surface area contributed by atoms with Gasteiger partial charge >= 0.3 is 0 Å². The van der Waals surface area contributed by atoms with Crippen molar-refractivity contribution >= 4 is 11.4 Å². The molecular weight excluding hydrogens is 260 g/mol. The average Bonchev–Trinajstić information content (AvgIpc) is 2.44. The summed E-state index contributed by atoms with van der Waals surface area (Å²) in [5, 5.41) is 2.97. The summed E-state index contributed by atoms with van der Waals surface area (Å²) in [6.45, 7) is 9.29. The molecule has 0 heterocycles. The topological polar surface area (TPSA) is 41.3 Å². The van der Waals surface area contributed by atoms with Crippen molar-refractivity contribution in [2.45, 2.75) is 39.7 Å². The number of nitrogens with zero attached hydrogens (tertiary/aromatic N) is 1. The van der Waals surface area contributed by atoms with Crippen molar-refractivity contribution in [2.24, 2.45) is 0 Å². The van der Waals surface area contributed by atoms with Crippen LogP contribution in [0.4, 0.5) is 20.2 Å². The van der Waals surface area contributed by atoms with Gasteiger partial charge in [0.05, 0.1) is 11.4 Å². The predicted octanol–water partition coefficient (Wildman–Crippen LogP) is 3.47. The zero-order valence-corrected chi connectivity index (χ0v) is 12.5. The maximum absolute atomic E-state index is 13.7. The van der Waals surface area contributed by atoms with Crippen molar-refractivity contribution in [1.29, 1.82) is 0 Å². The number of nitrogens with one attached hydrogen (secondary N) is 1. The number of nitrogen functional groups attached to an aromatic ring is 1. The van der Waals surface area contributed by atoms with Gasteiger partial charge in [0.1, 0.15) is 0 Å². The molecule has 0 amide bonds. The first-order chi connectivity index (χ1) is 9.49. The number of halogens is 2. The summed E-state index contributed by atoms with van der Waals surface area (Å²) < 4.78 is 26.8. The molecule has 0 aliphatic heterocycles. The van der Waals surface area contributed by atoms with Crippen molar-refractivity contribution in [3.8, 4) is 0 Å². The highest BCUT2D eigenvalue weighted by atomic mass is 19.2. The van der Waals surface area contributed by atoms with E-state index in [9.17, 15) is 8.78 Å². The molecule has 5 heteroatoms. The molecule has 0 bridgehead atoms. The fourth-order valence-electron chi connectivity index (χ4n) is 2.19. The summed E-state index contributed by atoms with van der Waals surface area (Å²) in [4.78, 5) is 2.34. The van der Waals surface area contributed by atoms with Gasteiger partial charge < -0.3 is 16.0 Å². The van der Waals surface area contributed by atoms with Crippen molar-refractivity contribution in [3.63, 3.8) is 0 Å². The molecule has 0 aliphatic rings. The molecule has 0 aliphatic carbocycles. The number of anilines is 2. The highest BCUT2D eigenvalue weighted by Gasteiger charge is 2.14. The van der Waals surface area contributed by atoms with E-state index in [0.717, 1.165) is 38.5 Å². The summed E-state index contributed by atoms with van der Waals surface area (Å²) in [6.07, 6.45) is 1.89. The van der Waals surface area contributed by atoms with E-state index >= 15 is 0 Å². The third-order valence-corrected chi connectivity index (χ3v) is 3.52. The Kier molecular flexibility index (Phi) is 6.71. The summed E-state index contributed by atoms with van der Waals surface area (Å²) >= 11 is 0. The monoisotopic (exact) mass is 285 g/mol. The Bertz CT molecular complexity index is 420. The van der Waals surface area contributed by atoms with Crippen LogP contribution in [-0.2, 0) is 0 Å². The standard InChI is InChI=1S/C15H25F2N3/c1-4-20(5-2)10-6-7-11(3)19-15-13(18)9-8-12(16)14(15)17/h8-9,11,19H,4-7,10,18H2,1-3H3. The lowest BCUT2D eigenvalue weighted by Crippen LogP contribution is -2.26. The molecule has 0 aromatic heterocycles. The van der Waals surface area contributed by atoms with Gasteiger partial charge in [-0.3, -0.25) is 0 Å². The molecule has 0 spiro atoms. The maximum atomic E-state index is 13.7. The SMILES string of the molecule is CCN(CC)CCCC(C)Nc1c(N)ccc(F)c1F. The van der Waals surface area contributed by atoms with Gasteiger partial charge in [-0.15, -0.1) is 0 Å². The predicted molar refractivity (Wildman–Crippen MR) is 80.9 cm³/mol. The van der Waals surface area contributed by atoms with Gasteiger partial charge in [0, 0.05) is 6.04 Å². The number of hydrogen-bond donors (Lipinski definition) is 2. The summed E-state index contributed by atoms with van der Waals surface area (Å²) in [6, 6.07) is 2.47. The Labute approximate surface area is 120 Å². The molecule has 0 saturated heterocycles. The van der Waals surface area contributed by atoms with Crippen LogP contribution < -0.4 is 11.1 Å². The molecular formula is C15H25F2N3. The van der Waals surface area contributed by atoms with E-state index in [2.05, 4.69) is 24.1 Å². The Morgan fingerprint density at radius 3 is 2.50 bits per heavy atom. The van der Waals surface area contributed by atoms with E-state index < -0.39 is 11.6 Å². The van der Waals surface area contributed by atoms with Crippen LogP contribution in [-0.4, -0.2) is 30.6 Å². The molecule has 20 heavy (non-hydrogen) atoms. The highest BCUT2D eigenvalue weighted by molar-refractivity contribution is 5.67. The van der Waals surface area contributed by atoms with Crippen LogP contribution in [0.5, 0.6) is 0 Å². The van der Waals surface area contributed by atoms with Gasteiger partial charge in [-0.05, 0) is 51.5 Å². The molecule has 1 rings (SSSR count). The number of hydrogen-bond acceptors (Lipinski definition) is 3. The Balaban J connectivity index is 2.51. The molecule has 0 radical (unpaired) electrons. The lowest BCUT2D eigenvalue weighted by molar-refractivity contribution is 0.295. The molecule has 0 saturated carbocycles. The number of rotatable bonds is 8. The van der Waals surface area contributed by atoms with Gasteiger partial charge in [0.15, 0.2) is 11.6 Å². The van der Waals surface area contributed by atoms with Crippen LogP contribution in [0.3, 0.4) is 0 Å². The minimum atomic E-state index is -0.902. The minimum absolute atomic E-state index is 0.0455. The van der Waals surface area contributed by atoms with Crippen LogP contribution in [0, 0.1) is 11.6 Å². The van der Waals surface area contributed by atoms with Gasteiger partial charge in [-0.1, -0.05) is 13.8 Å². The quantitative estimate of drug-likeness (QED) is 0.719. The van der Waals surface area contributed by atoms with Crippen LogP contribution in [0.15, 0.2) is 12.1 Å². The summed E-state index contributed by atoms with van der Waals surface area (Å²) in [5.74, 6) is -1.78. The molecule has 3 nitrogen and oxygen atoms in total. The largest absolute Gasteiger partial charge is 0.397 e. The lowest BCUT2D eigenvalue weighted by atomic mass is 10.1. The van der Waals surface area contributed by atoms with Gasteiger partial charge in [0.2, 0.25) is 0 Å². The molecule has 1 aromatic rings. The average molecular weight is 285 g/mol.